The van der Waals surface area contributed by atoms with Crippen molar-refractivity contribution in [2.75, 3.05) is 11.9 Å². The number of rotatable bonds is 8. The summed E-state index contributed by atoms with van der Waals surface area (Å²) in [6, 6.07) is 15.9. The Morgan fingerprint density at radius 1 is 1.07 bits per heavy atom. The highest BCUT2D eigenvalue weighted by Crippen LogP contribution is 2.18. The van der Waals surface area contributed by atoms with Crippen molar-refractivity contribution in [3.05, 3.63) is 72.1 Å². The number of para-hydroxylation sites is 1. The van der Waals surface area contributed by atoms with Crippen molar-refractivity contribution < 1.29 is 19.1 Å². The molecule has 1 atom stereocenters. The molecule has 3 aromatic rings. The number of tetrazole rings is 1. The van der Waals surface area contributed by atoms with E-state index in [9.17, 15) is 14.4 Å². The second-order valence-corrected chi connectivity index (χ2v) is 6.37. The van der Waals surface area contributed by atoms with Gasteiger partial charge in [-0.05, 0) is 35.0 Å². The van der Waals surface area contributed by atoms with Crippen LogP contribution in [0.25, 0.3) is 0 Å². The second kappa shape index (κ2) is 9.92. The number of carbonyl (C=O) groups excluding carboxylic acids is 3. The first-order valence-corrected chi connectivity index (χ1v) is 9.14. The molecule has 0 radical (unpaired) electrons. The minimum absolute atomic E-state index is 0.212. The molecular formula is C20H20N6O4. The highest BCUT2D eigenvalue weighted by molar-refractivity contribution is 6.04. The fraction of sp³-hybridized carbons (Fsp3) is 0.200. The van der Waals surface area contributed by atoms with Crippen LogP contribution in [0.4, 0.5) is 5.69 Å². The molecule has 0 aliphatic carbocycles. The third kappa shape index (κ3) is 5.71. The lowest BCUT2D eigenvalue weighted by molar-refractivity contribution is -0.148. The molecule has 30 heavy (non-hydrogen) atoms. The molecule has 0 saturated carbocycles. The second-order valence-electron chi connectivity index (χ2n) is 6.37. The number of ether oxygens (including phenoxy) is 1. The average molecular weight is 408 g/mol. The van der Waals surface area contributed by atoms with Gasteiger partial charge in [0, 0.05) is 0 Å². The van der Waals surface area contributed by atoms with Gasteiger partial charge in [0.2, 0.25) is 0 Å². The van der Waals surface area contributed by atoms with Crippen LogP contribution < -0.4 is 10.6 Å². The molecule has 0 aliphatic rings. The zero-order valence-electron chi connectivity index (χ0n) is 16.2. The third-order valence-corrected chi connectivity index (χ3v) is 4.14. The summed E-state index contributed by atoms with van der Waals surface area (Å²) in [6.45, 7) is 1.16. The predicted octanol–water partition coefficient (Wildman–Crippen LogP) is 1.35. The number of amides is 2. The fourth-order valence-electron chi connectivity index (χ4n) is 2.65. The van der Waals surface area contributed by atoms with Crippen molar-refractivity contribution in [3.8, 4) is 0 Å². The largest absolute Gasteiger partial charge is 0.454 e. The van der Waals surface area contributed by atoms with Crippen LogP contribution in [-0.4, -0.2) is 44.6 Å². The van der Waals surface area contributed by atoms with Crippen LogP contribution in [0.2, 0.25) is 0 Å². The maximum atomic E-state index is 12.7. The Kier molecular flexibility index (Phi) is 6.83. The van der Waals surface area contributed by atoms with Gasteiger partial charge in [-0.2, -0.15) is 0 Å². The summed E-state index contributed by atoms with van der Waals surface area (Å²) >= 11 is 0. The van der Waals surface area contributed by atoms with Gasteiger partial charge in [-0.15, -0.1) is 5.10 Å². The number of hydrogen-bond donors (Lipinski definition) is 2. The molecular weight excluding hydrogens is 388 g/mol. The van der Waals surface area contributed by atoms with Crippen LogP contribution in [0.5, 0.6) is 0 Å². The number of nitrogens with one attached hydrogen (secondary N) is 2. The first-order valence-electron chi connectivity index (χ1n) is 9.14. The van der Waals surface area contributed by atoms with Gasteiger partial charge in [0.05, 0.1) is 17.3 Å². The summed E-state index contributed by atoms with van der Waals surface area (Å²) < 4.78 is 6.08. The maximum Gasteiger partial charge on any atom is 0.328 e. The van der Waals surface area contributed by atoms with E-state index < -0.39 is 18.5 Å². The van der Waals surface area contributed by atoms with Crippen molar-refractivity contribution in [2.45, 2.75) is 19.5 Å². The molecule has 0 fully saturated rings. The number of carbonyl (C=O) groups is 3. The summed E-state index contributed by atoms with van der Waals surface area (Å²) in [5.74, 6) is -1.57. The molecule has 10 heteroatoms. The van der Waals surface area contributed by atoms with E-state index in [2.05, 4.69) is 26.2 Å². The topological polar surface area (TPSA) is 128 Å². The predicted molar refractivity (Wildman–Crippen MR) is 106 cm³/mol. The smallest absolute Gasteiger partial charge is 0.328 e. The van der Waals surface area contributed by atoms with Crippen molar-refractivity contribution in [2.24, 2.45) is 0 Å². The van der Waals surface area contributed by atoms with Gasteiger partial charge in [-0.25, -0.2) is 4.68 Å². The van der Waals surface area contributed by atoms with Crippen LogP contribution in [0, 0.1) is 0 Å². The Balaban J connectivity index is 1.57. The first-order chi connectivity index (χ1) is 14.5. The van der Waals surface area contributed by atoms with Crippen LogP contribution >= 0.6 is 0 Å². The lowest BCUT2D eigenvalue weighted by Crippen LogP contribution is -2.29. The Morgan fingerprint density at radius 3 is 2.53 bits per heavy atom. The van der Waals surface area contributed by atoms with Crippen LogP contribution in [0.15, 0.2) is 60.9 Å². The fourth-order valence-corrected chi connectivity index (χ4v) is 2.65. The zero-order chi connectivity index (χ0) is 21.3. The summed E-state index contributed by atoms with van der Waals surface area (Å²) in [7, 11) is 0. The molecule has 2 amide bonds. The van der Waals surface area contributed by atoms with Crippen molar-refractivity contribution in [1.29, 1.82) is 0 Å². The monoisotopic (exact) mass is 408 g/mol. The molecule has 0 saturated heterocycles. The van der Waals surface area contributed by atoms with Crippen molar-refractivity contribution in [1.82, 2.24) is 25.5 Å². The van der Waals surface area contributed by atoms with Gasteiger partial charge in [-0.1, -0.05) is 42.5 Å². The third-order valence-electron chi connectivity index (χ3n) is 4.14. The van der Waals surface area contributed by atoms with E-state index in [1.165, 1.54) is 11.0 Å². The van der Waals surface area contributed by atoms with E-state index in [0.29, 0.717) is 11.3 Å². The maximum absolute atomic E-state index is 12.7. The summed E-state index contributed by atoms with van der Waals surface area (Å²) in [6.07, 6.45) is 1.26. The van der Waals surface area contributed by atoms with E-state index in [1.54, 1.807) is 24.3 Å². The van der Waals surface area contributed by atoms with Crippen LogP contribution in [0.3, 0.4) is 0 Å². The Labute approximate surface area is 172 Å². The van der Waals surface area contributed by atoms with E-state index in [-0.39, 0.29) is 18.5 Å². The normalized spacial score (nSPS) is 11.4. The summed E-state index contributed by atoms with van der Waals surface area (Å²) in [4.78, 5) is 36.6. The van der Waals surface area contributed by atoms with Crippen molar-refractivity contribution >= 4 is 23.5 Å². The average Bonchev–Trinajstić information content (AvgIpc) is 3.26. The number of hydrogen-bond acceptors (Lipinski definition) is 7. The van der Waals surface area contributed by atoms with Crippen LogP contribution in [0.1, 0.15) is 28.9 Å². The number of anilines is 1. The van der Waals surface area contributed by atoms with E-state index in [0.717, 1.165) is 5.56 Å². The molecule has 1 aromatic heterocycles. The Bertz CT molecular complexity index is 1010. The van der Waals surface area contributed by atoms with Gasteiger partial charge in [0.1, 0.15) is 12.9 Å². The molecule has 154 valence electrons. The van der Waals surface area contributed by atoms with Crippen LogP contribution in [-0.2, 0) is 20.9 Å². The lowest BCUT2D eigenvalue weighted by Gasteiger charge is -2.16. The molecule has 0 aliphatic heterocycles. The lowest BCUT2D eigenvalue weighted by atomic mass is 10.1. The number of aromatic nitrogens is 4. The number of nitrogens with zero attached hydrogens (tertiary/aromatic N) is 4. The molecule has 3 rings (SSSR count). The van der Waals surface area contributed by atoms with Gasteiger partial charge in [0.25, 0.3) is 11.8 Å². The zero-order valence-corrected chi connectivity index (χ0v) is 16.2. The van der Waals surface area contributed by atoms with E-state index in [4.69, 9.17) is 4.74 Å². The number of esters is 1. The summed E-state index contributed by atoms with van der Waals surface area (Å²) in [5, 5.41) is 15.8. The molecule has 2 N–H and O–H groups in total. The van der Waals surface area contributed by atoms with Gasteiger partial charge in [0.15, 0.2) is 6.61 Å². The van der Waals surface area contributed by atoms with E-state index in [1.807, 2.05) is 37.3 Å². The number of benzene rings is 2. The van der Waals surface area contributed by atoms with Gasteiger partial charge < -0.3 is 15.4 Å². The quantitative estimate of drug-likeness (QED) is 0.538. The SMILES string of the molecule is CC(NC(=O)c1ccccc1NC(=O)COC(=O)Cn1cnnn1)c1ccccc1. The first kappa shape index (κ1) is 20.6. The van der Waals surface area contributed by atoms with E-state index >= 15 is 0 Å². The highest BCUT2D eigenvalue weighted by atomic mass is 16.5. The molecule has 0 bridgehead atoms. The molecule has 2 aromatic carbocycles. The Hall–Kier alpha value is -4.08. The highest BCUT2D eigenvalue weighted by Gasteiger charge is 2.17. The molecule has 10 nitrogen and oxygen atoms in total. The molecule has 1 heterocycles. The standard InChI is InChI=1S/C20H20N6O4/c1-14(15-7-3-2-4-8-15)22-20(29)16-9-5-6-10-17(16)23-18(27)12-30-19(28)11-26-13-21-24-25-26/h2-10,13-14H,11-12H2,1H3,(H,22,29)(H,23,27). The minimum Gasteiger partial charge on any atom is -0.454 e. The minimum atomic E-state index is -0.667. The summed E-state index contributed by atoms with van der Waals surface area (Å²) in [5.41, 5.74) is 1.58. The molecule has 0 spiro atoms. The van der Waals surface area contributed by atoms with Gasteiger partial charge in [-0.3, -0.25) is 14.4 Å². The Morgan fingerprint density at radius 2 is 1.80 bits per heavy atom. The van der Waals surface area contributed by atoms with Crippen molar-refractivity contribution in [3.63, 3.8) is 0 Å². The van der Waals surface area contributed by atoms with Gasteiger partial charge >= 0.3 is 5.97 Å². The molecule has 1 unspecified atom stereocenters.